The molecule has 0 aliphatic carbocycles. The predicted molar refractivity (Wildman–Crippen MR) is 136 cm³/mol. The highest BCUT2D eigenvalue weighted by molar-refractivity contribution is 6.35. The van der Waals surface area contributed by atoms with Gasteiger partial charge in [-0.3, -0.25) is 9.36 Å². The van der Waals surface area contributed by atoms with E-state index >= 15 is 0 Å². The van der Waals surface area contributed by atoms with Gasteiger partial charge in [-0.25, -0.2) is 0 Å². The van der Waals surface area contributed by atoms with Crippen molar-refractivity contribution in [2.24, 2.45) is 0 Å². The van der Waals surface area contributed by atoms with Gasteiger partial charge >= 0.3 is 0 Å². The lowest BCUT2D eigenvalue weighted by Crippen LogP contribution is -2.24. The zero-order chi connectivity index (χ0) is 24.7. The van der Waals surface area contributed by atoms with Gasteiger partial charge < -0.3 is 19.7 Å². The predicted octanol–water partition coefficient (Wildman–Crippen LogP) is 4.08. The van der Waals surface area contributed by atoms with E-state index in [9.17, 15) is 4.79 Å². The lowest BCUT2D eigenvalue weighted by molar-refractivity contribution is 0.298. The Morgan fingerprint density at radius 3 is 2.44 bits per heavy atom. The number of hydrogen-bond acceptors (Lipinski definition) is 8. The highest BCUT2D eigenvalue weighted by Crippen LogP contribution is 2.38. The fraction of sp³-hybridized carbons (Fsp3) is 0.500. The molecule has 34 heavy (non-hydrogen) atoms. The van der Waals surface area contributed by atoms with Crippen molar-refractivity contribution in [3.8, 4) is 22.6 Å². The summed E-state index contributed by atoms with van der Waals surface area (Å²) < 4.78 is 12.3. The van der Waals surface area contributed by atoms with Gasteiger partial charge in [-0.05, 0) is 51.5 Å². The number of ether oxygens (including phenoxy) is 2. The van der Waals surface area contributed by atoms with Gasteiger partial charge in [0, 0.05) is 24.7 Å². The summed E-state index contributed by atoms with van der Waals surface area (Å²) in [6.07, 6.45) is 2.08. The first kappa shape index (κ1) is 25.7. The lowest BCUT2D eigenvalue weighted by Gasteiger charge is -2.17. The first-order valence-corrected chi connectivity index (χ1v) is 12.0. The molecule has 0 saturated carbocycles. The van der Waals surface area contributed by atoms with Crippen LogP contribution in [0.1, 0.15) is 33.6 Å². The zero-order valence-electron chi connectivity index (χ0n) is 20.5. The van der Waals surface area contributed by atoms with Crippen molar-refractivity contribution in [2.45, 2.75) is 40.2 Å². The molecule has 0 amide bonds. The summed E-state index contributed by atoms with van der Waals surface area (Å²) >= 11 is 6.54. The number of halogens is 1. The first-order chi connectivity index (χ1) is 16.5. The third-order valence-corrected chi connectivity index (χ3v) is 6.25. The second kappa shape index (κ2) is 12.0. The quantitative estimate of drug-likeness (QED) is 0.381. The third-order valence-electron chi connectivity index (χ3n) is 5.86. The molecular weight excluding hydrogens is 456 g/mol. The minimum atomic E-state index is -0.224. The first-order valence-electron chi connectivity index (χ1n) is 11.6. The Labute approximate surface area is 205 Å². The molecule has 3 aromatic rings. The summed E-state index contributed by atoms with van der Waals surface area (Å²) in [6.45, 7) is 10.6. The molecule has 9 nitrogen and oxygen atoms in total. The maximum atomic E-state index is 13.4. The van der Waals surface area contributed by atoms with Crippen molar-refractivity contribution in [1.29, 1.82) is 0 Å². The average molecular weight is 489 g/mol. The number of unbranched alkanes of at least 4 members (excludes halogenated alkanes) is 1. The molecule has 184 valence electrons. The molecular formula is C24H33ClN6O3. The number of aryl methyl sites for hydroxylation is 1. The molecule has 1 N–H and O–H groups in total. The SMILES string of the molecule is CCN(CC)CCCCNc1nnc2cc(-c3cc(OC)cc(OC)c3Cl)c(=O)n(CC)c2n1. The molecule has 1 aromatic carbocycles. The third kappa shape index (κ3) is 5.59. The number of fused-ring (bicyclic) bond motifs is 1. The van der Waals surface area contributed by atoms with Crippen molar-refractivity contribution in [1.82, 2.24) is 24.6 Å². The summed E-state index contributed by atoms with van der Waals surface area (Å²) in [5.41, 5.74) is 1.64. The maximum Gasteiger partial charge on any atom is 0.260 e. The van der Waals surface area contributed by atoms with E-state index in [0.717, 1.165) is 39.0 Å². The summed E-state index contributed by atoms with van der Waals surface area (Å²) in [4.78, 5) is 20.4. The van der Waals surface area contributed by atoms with Gasteiger partial charge in [-0.2, -0.15) is 4.98 Å². The summed E-state index contributed by atoms with van der Waals surface area (Å²) in [6, 6.07) is 5.05. The highest BCUT2D eigenvalue weighted by Gasteiger charge is 2.19. The van der Waals surface area contributed by atoms with Gasteiger partial charge in [-0.1, -0.05) is 25.4 Å². The van der Waals surface area contributed by atoms with Crippen LogP contribution < -0.4 is 20.3 Å². The second-order valence-corrected chi connectivity index (χ2v) is 8.18. The maximum absolute atomic E-state index is 13.4. The van der Waals surface area contributed by atoms with Crippen molar-refractivity contribution in [2.75, 3.05) is 45.7 Å². The fourth-order valence-corrected chi connectivity index (χ4v) is 4.14. The van der Waals surface area contributed by atoms with E-state index < -0.39 is 0 Å². The molecule has 0 aliphatic heterocycles. The monoisotopic (exact) mass is 488 g/mol. The Balaban J connectivity index is 1.90. The Kier molecular flexibility index (Phi) is 9.06. The number of nitrogens with one attached hydrogen (secondary N) is 1. The highest BCUT2D eigenvalue weighted by atomic mass is 35.5. The van der Waals surface area contributed by atoms with Crippen LogP contribution in [0.3, 0.4) is 0 Å². The zero-order valence-corrected chi connectivity index (χ0v) is 21.3. The van der Waals surface area contributed by atoms with Crippen LogP contribution >= 0.6 is 11.6 Å². The van der Waals surface area contributed by atoms with Crippen LogP contribution in [-0.4, -0.2) is 65.0 Å². The number of methoxy groups -OCH3 is 2. The van der Waals surface area contributed by atoms with Crippen LogP contribution in [-0.2, 0) is 6.54 Å². The molecule has 0 fully saturated rings. The number of rotatable bonds is 12. The van der Waals surface area contributed by atoms with Crippen LogP contribution in [0.15, 0.2) is 23.0 Å². The number of anilines is 1. The van der Waals surface area contributed by atoms with Crippen molar-refractivity contribution < 1.29 is 9.47 Å². The second-order valence-electron chi connectivity index (χ2n) is 7.80. The Morgan fingerprint density at radius 1 is 1.03 bits per heavy atom. The lowest BCUT2D eigenvalue weighted by atomic mass is 10.1. The Morgan fingerprint density at radius 2 is 1.79 bits per heavy atom. The topological polar surface area (TPSA) is 94.4 Å². The van der Waals surface area contributed by atoms with Gasteiger partial charge in [-0.15, -0.1) is 10.2 Å². The summed E-state index contributed by atoms with van der Waals surface area (Å²) in [7, 11) is 3.06. The van der Waals surface area contributed by atoms with E-state index in [1.54, 1.807) is 29.9 Å². The minimum absolute atomic E-state index is 0.224. The van der Waals surface area contributed by atoms with E-state index in [-0.39, 0.29) is 5.56 Å². The van der Waals surface area contributed by atoms with Crippen molar-refractivity contribution in [3.05, 3.63) is 33.6 Å². The van der Waals surface area contributed by atoms with Crippen LogP contribution in [0.25, 0.3) is 22.3 Å². The largest absolute Gasteiger partial charge is 0.497 e. The van der Waals surface area contributed by atoms with Crippen LogP contribution in [0.4, 0.5) is 5.95 Å². The van der Waals surface area contributed by atoms with Gasteiger partial charge in [0.15, 0.2) is 5.65 Å². The van der Waals surface area contributed by atoms with E-state index in [4.69, 9.17) is 21.1 Å². The smallest absolute Gasteiger partial charge is 0.260 e. The molecule has 2 heterocycles. The van der Waals surface area contributed by atoms with Crippen LogP contribution in [0.2, 0.25) is 5.02 Å². The standard InChI is InChI=1S/C24H33ClN6O3/c1-6-30(7-2)12-10-9-11-26-24-27-22-19(28-29-24)15-18(23(32)31(22)8-3)17-13-16(33-4)14-20(34-5)21(17)25/h13-15H,6-12H2,1-5H3,(H,26,27,29). The Bertz CT molecular complexity index is 1180. The van der Waals surface area contributed by atoms with Gasteiger partial charge in [0.25, 0.3) is 5.56 Å². The number of benzene rings is 1. The summed E-state index contributed by atoms with van der Waals surface area (Å²) in [5.74, 6) is 1.36. The van der Waals surface area contributed by atoms with Crippen molar-refractivity contribution >= 4 is 28.7 Å². The molecule has 0 atom stereocenters. The molecule has 0 saturated heterocycles. The van der Waals surface area contributed by atoms with E-state index in [2.05, 4.69) is 39.2 Å². The van der Waals surface area contributed by atoms with Crippen molar-refractivity contribution in [3.63, 3.8) is 0 Å². The van der Waals surface area contributed by atoms with Gasteiger partial charge in [0.05, 0.1) is 24.8 Å². The summed E-state index contributed by atoms with van der Waals surface area (Å²) in [5, 5.41) is 12.1. The number of nitrogens with zero attached hydrogens (tertiary/aromatic N) is 5. The number of pyridine rings is 1. The van der Waals surface area contributed by atoms with Crippen LogP contribution in [0.5, 0.6) is 11.5 Å². The molecule has 0 aliphatic rings. The average Bonchev–Trinajstić information content (AvgIpc) is 2.86. The molecule has 3 rings (SSSR count). The molecule has 0 bridgehead atoms. The molecule has 0 spiro atoms. The van der Waals surface area contributed by atoms with E-state index in [1.807, 2.05) is 6.92 Å². The minimum Gasteiger partial charge on any atom is -0.497 e. The van der Waals surface area contributed by atoms with Gasteiger partial charge in [0.2, 0.25) is 5.95 Å². The van der Waals surface area contributed by atoms with E-state index in [0.29, 0.717) is 51.3 Å². The fourth-order valence-electron chi connectivity index (χ4n) is 3.85. The Hall–Kier alpha value is -2.91. The molecule has 0 radical (unpaired) electrons. The normalized spacial score (nSPS) is 11.3. The number of hydrogen-bond donors (Lipinski definition) is 1. The van der Waals surface area contributed by atoms with E-state index in [1.165, 1.54) is 7.11 Å². The van der Waals surface area contributed by atoms with Gasteiger partial charge in [0.1, 0.15) is 17.0 Å². The molecule has 2 aromatic heterocycles. The molecule has 10 heteroatoms. The van der Waals surface area contributed by atoms with Crippen LogP contribution in [0, 0.1) is 0 Å². The number of aromatic nitrogens is 4. The molecule has 0 unspecified atom stereocenters.